The molecule has 29 heavy (non-hydrogen) atoms. The van der Waals surface area contributed by atoms with Crippen molar-refractivity contribution in [2.45, 2.75) is 18.6 Å². The van der Waals surface area contributed by atoms with E-state index in [9.17, 15) is 22.7 Å². The minimum Gasteiger partial charge on any atom is -0.846 e. The van der Waals surface area contributed by atoms with Crippen molar-refractivity contribution in [1.82, 2.24) is 5.27 Å². The van der Waals surface area contributed by atoms with Crippen LogP contribution >= 0.6 is 0 Å². The first-order valence-corrected chi connectivity index (χ1v) is 8.53. The van der Waals surface area contributed by atoms with Crippen molar-refractivity contribution in [2.24, 2.45) is 4.99 Å². The molecule has 152 valence electrons. The van der Waals surface area contributed by atoms with E-state index in [4.69, 9.17) is 4.52 Å². The molecule has 1 aromatic heterocycles. The second-order valence-corrected chi connectivity index (χ2v) is 6.14. The van der Waals surface area contributed by atoms with E-state index in [0.717, 1.165) is 23.8 Å². The number of amidine groups is 1. The molecule has 0 radical (unpaired) electrons. The summed E-state index contributed by atoms with van der Waals surface area (Å²) >= 11 is 0. The number of rotatable bonds is 6. The first-order valence-electron chi connectivity index (χ1n) is 8.53. The molecule has 0 aliphatic rings. The molecule has 0 bridgehead atoms. The fraction of sp³-hybridized carbons (Fsp3) is 0.211. The molecule has 0 aliphatic carbocycles. The first kappa shape index (κ1) is 20.3. The van der Waals surface area contributed by atoms with Crippen LogP contribution in [0.25, 0.3) is 0 Å². The zero-order valence-electron chi connectivity index (χ0n) is 14.9. The maximum absolute atomic E-state index is 13.4. The number of nitrogens with one attached hydrogen (secondary N) is 1. The number of anilines is 1. The van der Waals surface area contributed by atoms with Crippen molar-refractivity contribution < 1.29 is 31.9 Å². The van der Waals surface area contributed by atoms with Crippen LogP contribution in [0.4, 0.5) is 29.1 Å². The average molecular weight is 408 g/mol. The third kappa shape index (κ3) is 5.53. The largest absolute Gasteiger partial charge is 0.846 e. The van der Waals surface area contributed by atoms with Crippen molar-refractivity contribution in [3.05, 3.63) is 71.9 Å². The predicted molar refractivity (Wildman–Crippen MR) is 94.0 cm³/mol. The summed E-state index contributed by atoms with van der Waals surface area (Å²) in [5.74, 6) is -0.207. The van der Waals surface area contributed by atoms with Crippen LogP contribution in [0, 0.1) is 0 Å². The van der Waals surface area contributed by atoms with Gasteiger partial charge in [0.05, 0.1) is 11.6 Å². The smallest absolute Gasteiger partial charge is 0.416 e. The van der Waals surface area contributed by atoms with Gasteiger partial charge in [-0.25, -0.2) is 9.38 Å². The summed E-state index contributed by atoms with van der Waals surface area (Å²) in [6.45, 7) is -0.720. The minimum absolute atomic E-state index is 0.0771. The first-order chi connectivity index (χ1) is 13.8. The maximum Gasteiger partial charge on any atom is 0.416 e. The lowest BCUT2D eigenvalue weighted by atomic mass is 10.1. The Balaban J connectivity index is 1.70. The van der Waals surface area contributed by atoms with Gasteiger partial charge in [-0.1, -0.05) is 36.4 Å². The molecule has 6 nitrogen and oxygen atoms in total. The highest BCUT2D eigenvalue weighted by molar-refractivity contribution is 5.87. The highest BCUT2D eigenvalue weighted by atomic mass is 19.4. The Hall–Kier alpha value is -3.43. The SMILES string of the molecule is [O-]C(=Nc1c[n+](C(CF)Cc2ccccc2)no1)Nc1cccc(C(F)(F)F)c1. The Kier molecular flexibility index (Phi) is 6.10. The molecule has 1 heterocycles. The number of hydrogen-bond acceptors (Lipinski definition) is 4. The third-order valence-corrected chi connectivity index (χ3v) is 3.99. The molecule has 1 atom stereocenters. The minimum atomic E-state index is -4.53. The van der Waals surface area contributed by atoms with Crippen LogP contribution in [0.3, 0.4) is 0 Å². The van der Waals surface area contributed by atoms with Crippen molar-refractivity contribution >= 4 is 17.6 Å². The van der Waals surface area contributed by atoms with Crippen LogP contribution in [-0.4, -0.2) is 18.0 Å². The number of hydrogen-bond donors (Lipinski definition) is 1. The van der Waals surface area contributed by atoms with Crippen molar-refractivity contribution in [3.63, 3.8) is 0 Å². The Morgan fingerprint density at radius 3 is 2.62 bits per heavy atom. The highest BCUT2D eigenvalue weighted by Crippen LogP contribution is 2.30. The molecular weight excluding hydrogens is 392 g/mol. The number of aromatic nitrogens is 2. The zero-order chi connectivity index (χ0) is 20.9. The summed E-state index contributed by atoms with van der Waals surface area (Å²) in [7, 11) is 0. The number of nitrogens with zero attached hydrogens (tertiary/aromatic N) is 3. The summed E-state index contributed by atoms with van der Waals surface area (Å²) in [4.78, 5) is 3.59. The van der Waals surface area contributed by atoms with Crippen LogP contribution in [0.2, 0.25) is 0 Å². The van der Waals surface area contributed by atoms with Crippen LogP contribution in [-0.2, 0) is 12.6 Å². The van der Waals surface area contributed by atoms with Gasteiger partial charge in [0.1, 0.15) is 0 Å². The van der Waals surface area contributed by atoms with Gasteiger partial charge < -0.3 is 10.4 Å². The monoisotopic (exact) mass is 408 g/mol. The van der Waals surface area contributed by atoms with E-state index in [-0.39, 0.29) is 11.6 Å². The van der Waals surface area contributed by atoms with E-state index in [2.05, 4.69) is 15.6 Å². The van der Waals surface area contributed by atoms with Gasteiger partial charge in [0.15, 0.2) is 6.67 Å². The normalized spacial score (nSPS) is 13.3. The quantitative estimate of drug-likeness (QED) is 0.294. The lowest BCUT2D eigenvalue weighted by Gasteiger charge is -2.14. The second-order valence-electron chi connectivity index (χ2n) is 6.14. The van der Waals surface area contributed by atoms with E-state index in [1.165, 1.54) is 16.9 Å². The lowest BCUT2D eigenvalue weighted by molar-refractivity contribution is -0.785. The van der Waals surface area contributed by atoms with Gasteiger partial charge >= 0.3 is 12.1 Å². The summed E-state index contributed by atoms with van der Waals surface area (Å²) in [5.41, 5.74) is -0.0855. The van der Waals surface area contributed by atoms with Crippen LogP contribution in [0.1, 0.15) is 17.2 Å². The molecule has 0 amide bonds. The molecule has 0 spiro atoms. The van der Waals surface area contributed by atoms with Crippen molar-refractivity contribution in [2.75, 3.05) is 12.0 Å². The molecule has 0 aliphatic heterocycles. The second kappa shape index (κ2) is 8.72. The van der Waals surface area contributed by atoms with Gasteiger partial charge in [-0.2, -0.15) is 13.2 Å². The lowest BCUT2D eigenvalue weighted by Crippen LogP contribution is -2.43. The summed E-state index contributed by atoms with van der Waals surface area (Å²) in [5, 5.41) is 17.8. The maximum atomic E-state index is 13.4. The van der Waals surface area contributed by atoms with Gasteiger partial charge in [-0.3, -0.25) is 4.52 Å². The third-order valence-electron chi connectivity index (χ3n) is 3.99. The fourth-order valence-corrected chi connectivity index (χ4v) is 2.60. The molecule has 2 aromatic carbocycles. The number of benzene rings is 2. The van der Waals surface area contributed by atoms with Gasteiger partial charge in [-0.15, -0.1) is 0 Å². The van der Waals surface area contributed by atoms with Gasteiger partial charge in [0.25, 0.3) is 6.20 Å². The Labute approximate surface area is 163 Å². The molecule has 0 fully saturated rings. The average Bonchev–Trinajstić information content (AvgIpc) is 3.14. The van der Waals surface area contributed by atoms with E-state index in [1.807, 2.05) is 30.3 Å². The predicted octanol–water partition coefficient (Wildman–Crippen LogP) is 3.19. The molecule has 0 saturated carbocycles. The molecular formula is C19H16F4N4O2. The van der Waals surface area contributed by atoms with Gasteiger partial charge in [-0.05, 0) is 28.4 Å². The fourth-order valence-electron chi connectivity index (χ4n) is 2.60. The van der Waals surface area contributed by atoms with Crippen LogP contribution in [0.5, 0.6) is 0 Å². The molecule has 1 unspecified atom stereocenters. The topological polar surface area (TPSA) is 77.4 Å². The Morgan fingerprint density at radius 1 is 1.17 bits per heavy atom. The van der Waals surface area contributed by atoms with Crippen molar-refractivity contribution in [1.29, 1.82) is 0 Å². The molecule has 1 N–H and O–H groups in total. The van der Waals surface area contributed by atoms with Gasteiger partial charge in [0.2, 0.25) is 11.3 Å². The van der Waals surface area contributed by atoms with Gasteiger partial charge in [0, 0.05) is 12.1 Å². The van der Waals surface area contributed by atoms with Crippen molar-refractivity contribution in [3.8, 4) is 0 Å². The van der Waals surface area contributed by atoms with Crippen LogP contribution in [0.15, 0.2) is 70.3 Å². The molecule has 0 saturated heterocycles. The number of aliphatic imine (C=N–C) groups is 1. The standard InChI is InChI=1S/C19H16F4N4O2/c20-11-16(9-13-5-2-1-3-6-13)27-12-17(29-26-27)25-18(28)24-15-8-4-7-14(10-15)19(21,22)23/h1-8,10,12,16H,9,11H2,(H-,24,25,26,28). The molecule has 10 heteroatoms. The number of halogens is 4. The summed E-state index contributed by atoms with van der Waals surface area (Å²) in [6, 6.07) is 11.7. The zero-order valence-corrected chi connectivity index (χ0v) is 14.9. The molecule has 3 aromatic rings. The highest BCUT2D eigenvalue weighted by Gasteiger charge is 2.30. The van der Waals surface area contributed by atoms with E-state index >= 15 is 0 Å². The summed E-state index contributed by atoms with van der Waals surface area (Å²) in [6.07, 6.45) is -2.93. The Morgan fingerprint density at radius 2 is 1.93 bits per heavy atom. The Bertz CT molecular complexity index is 974. The molecule has 3 rings (SSSR count). The van der Waals surface area contributed by atoms with E-state index < -0.39 is 30.5 Å². The summed E-state index contributed by atoms with van der Waals surface area (Å²) < 4.78 is 57.7. The van der Waals surface area contributed by atoms with E-state index in [0.29, 0.717) is 6.42 Å². The van der Waals surface area contributed by atoms with E-state index in [1.54, 1.807) is 0 Å². The van der Waals surface area contributed by atoms with Crippen LogP contribution < -0.4 is 15.1 Å². The number of alkyl halides is 4.